The summed E-state index contributed by atoms with van der Waals surface area (Å²) in [4.78, 5) is 4.19. The van der Waals surface area contributed by atoms with Gasteiger partial charge < -0.3 is 0 Å². The lowest BCUT2D eigenvalue weighted by Crippen LogP contribution is -2.32. The standard InChI is InChI=1S/C16H12N3S/c1-18-13-6-7-17-8-12(13)14-15(18)19-9-10-4-2-3-5-11(10)16(19)20-14/h2-8H,9H2,1H3/q+1/i1D3. The van der Waals surface area contributed by atoms with Crippen molar-refractivity contribution in [3.8, 4) is 10.6 Å². The Kier molecular flexibility index (Phi) is 1.41. The van der Waals surface area contributed by atoms with Gasteiger partial charge >= 0.3 is 5.65 Å². The molecule has 3 aromatic heterocycles. The number of thiazole rings is 1. The maximum atomic E-state index is 7.98. The predicted octanol–water partition coefficient (Wildman–Crippen LogP) is 3.10. The first-order valence-electron chi connectivity index (χ1n) is 7.95. The molecule has 96 valence electrons. The summed E-state index contributed by atoms with van der Waals surface area (Å²) in [5.74, 6) is 0. The van der Waals surface area contributed by atoms with Crippen LogP contribution in [0, 0.1) is 0 Å². The van der Waals surface area contributed by atoms with E-state index in [0.29, 0.717) is 12.1 Å². The number of aryl methyl sites for hydroxylation is 1. The number of pyridine rings is 1. The van der Waals surface area contributed by atoms with E-state index < -0.39 is 6.98 Å². The molecule has 0 N–H and O–H groups in total. The van der Waals surface area contributed by atoms with Gasteiger partial charge in [0, 0.05) is 29.6 Å². The second-order valence-electron chi connectivity index (χ2n) is 5.03. The number of benzene rings is 1. The molecule has 0 atom stereocenters. The van der Waals surface area contributed by atoms with Crippen molar-refractivity contribution >= 4 is 32.6 Å². The molecule has 0 bridgehead atoms. The van der Waals surface area contributed by atoms with Crippen LogP contribution in [-0.2, 0) is 13.5 Å². The SMILES string of the molecule is [2H]C([2H])([2H])n1c2ccncc2c2sc3[n+](c21)Cc1ccccc1-3. The molecule has 0 fully saturated rings. The van der Waals surface area contributed by atoms with Crippen molar-refractivity contribution in [3.63, 3.8) is 0 Å². The first-order chi connectivity index (χ1) is 11.1. The fraction of sp³-hybridized carbons (Fsp3) is 0.125. The minimum atomic E-state index is -2.22. The van der Waals surface area contributed by atoms with E-state index in [1.165, 1.54) is 15.7 Å². The maximum Gasteiger partial charge on any atom is 0.301 e. The van der Waals surface area contributed by atoms with E-state index in [4.69, 9.17) is 4.11 Å². The Balaban J connectivity index is 1.97. The number of aromatic nitrogens is 3. The topological polar surface area (TPSA) is 21.7 Å². The van der Waals surface area contributed by atoms with Gasteiger partial charge in [0.15, 0.2) is 5.01 Å². The highest BCUT2D eigenvalue weighted by Crippen LogP contribution is 2.39. The smallest absolute Gasteiger partial charge is 0.264 e. The van der Waals surface area contributed by atoms with Crippen molar-refractivity contribution in [3.05, 3.63) is 48.3 Å². The molecule has 0 saturated heterocycles. The van der Waals surface area contributed by atoms with Gasteiger partial charge in [0.05, 0.1) is 16.5 Å². The van der Waals surface area contributed by atoms with Crippen molar-refractivity contribution in [2.45, 2.75) is 6.54 Å². The van der Waals surface area contributed by atoms with Crippen LogP contribution in [0.3, 0.4) is 0 Å². The van der Waals surface area contributed by atoms with E-state index in [2.05, 4.69) is 21.7 Å². The van der Waals surface area contributed by atoms with Gasteiger partial charge in [0.2, 0.25) is 0 Å². The second kappa shape index (κ2) is 3.46. The summed E-state index contributed by atoms with van der Waals surface area (Å²) in [6, 6.07) is 10.0. The van der Waals surface area contributed by atoms with Crippen LogP contribution in [0.2, 0.25) is 0 Å². The van der Waals surface area contributed by atoms with E-state index in [1.54, 1.807) is 29.8 Å². The van der Waals surface area contributed by atoms with Crippen LogP contribution in [-0.4, -0.2) is 9.55 Å². The molecule has 3 nitrogen and oxygen atoms in total. The summed E-state index contributed by atoms with van der Waals surface area (Å²) in [5, 5.41) is 2.03. The minimum absolute atomic E-state index is 0.714. The Morgan fingerprint density at radius 3 is 3.25 bits per heavy atom. The highest BCUT2D eigenvalue weighted by molar-refractivity contribution is 7.22. The average molecular weight is 281 g/mol. The molecule has 1 aromatic carbocycles. The fourth-order valence-electron chi connectivity index (χ4n) is 3.07. The van der Waals surface area contributed by atoms with E-state index in [1.807, 2.05) is 12.1 Å². The van der Waals surface area contributed by atoms with Crippen LogP contribution in [0.4, 0.5) is 0 Å². The van der Waals surface area contributed by atoms with Crippen molar-refractivity contribution in [1.82, 2.24) is 9.55 Å². The molecule has 0 saturated carbocycles. The Morgan fingerprint density at radius 2 is 2.30 bits per heavy atom. The molecular weight excluding hydrogens is 266 g/mol. The molecule has 20 heavy (non-hydrogen) atoms. The van der Waals surface area contributed by atoms with E-state index in [-0.39, 0.29) is 0 Å². The molecular formula is C16H12N3S+. The van der Waals surface area contributed by atoms with E-state index in [0.717, 1.165) is 20.7 Å². The molecule has 0 radical (unpaired) electrons. The van der Waals surface area contributed by atoms with Gasteiger partial charge in [-0.05, 0) is 6.07 Å². The van der Waals surface area contributed by atoms with Gasteiger partial charge in [-0.25, -0.2) is 9.13 Å². The predicted molar refractivity (Wildman–Crippen MR) is 80.8 cm³/mol. The Bertz CT molecular complexity index is 1090. The summed E-state index contributed by atoms with van der Waals surface area (Å²) < 4.78 is 28.5. The average Bonchev–Trinajstić information content (AvgIpc) is 3.13. The molecule has 0 amide bonds. The van der Waals surface area contributed by atoms with E-state index in [9.17, 15) is 0 Å². The number of hydrogen-bond acceptors (Lipinski definition) is 2. The highest BCUT2D eigenvalue weighted by Gasteiger charge is 2.31. The first kappa shape index (κ1) is 8.17. The van der Waals surface area contributed by atoms with Crippen molar-refractivity contribution in [2.24, 2.45) is 6.98 Å². The molecule has 1 aliphatic rings. The third kappa shape index (κ3) is 1.11. The fourth-order valence-corrected chi connectivity index (χ4v) is 4.39. The third-order valence-electron chi connectivity index (χ3n) is 3.97. The molecule has 5 rings (SSSR count). The lowest BCUT2D eigenvalue weighted by Gasteiger charge is -1.93. The van der Waals surface area contributed by atoms with Gasteiger partial charge in [0.25, 0.3) is 0 Å². The minimum Gasteiger partial charge on any atom is -0.264 e. The quantitative estimate of drug-likeness (QED) is 0.400. The molecule has 0 spiro atoms. The summed E-state index contributed by atoms with van der Waals surface area (Å²) >= 11 is 1.65. The van der Waals surface area contributed by atoms with Crippen LogP contribution in [0.5, 0.6) is 0 Å². The van der Waals surface area contributed by atoms with Gasteiger partial charge in [-0.15, -0.1) is 0 Å². The van der Waals surface area contributed by atoms with Crippen molar-refractivity contribution in [2.75, 3.05) is 0 Å². The van der Waals surface area contributed by atoms with Gasteiger partial charge in [-0.3, -0.25) is 4.98 Å². The van der Waals surface area contributed by atoms with Crippen molar-refractivity contribution < 1.29 is 8.68 Å². The Hall–Kier alpha value is -2.20. The van der Waals surface area contributed by atoms with Crippen LogP contribution >= 0.6 is 11.3 Å². The van der Waals surface area contributed by atoms with Crippen LogP contribution in [0.25, 0.3) is 31.8 Å². The molecule has 0 unspecified atom stereocenters. The molecule has 4 heterocycles. The molecule has 4 heteroatoms. The normalized spacial score (nSPS) is 15.9. The van der Waals surface area contributed by atoms with Gasteiger partial charge in [0.1, 0.15) is 16.8 Å². The van der Waals surface area contributed by atoms with Crippen LogP contribution in [0.15, 0.2) is 42.7 Å². The van der Waals surface area contributed by atoms with Crippen LogP contribution < -0.4 is 4.57 Å². The summed E-state index contributed by atoms with van der Waals surface area (Å²) in [5.41, 5.74) is 3.92. The van der Waals surface area contributed by atoms with Crippen LogP contribution in [0.1, 0.15) is 9.68 Å². The third-order valence-corrected chi connectivity index (χ3v) is 5.21. The lowest BCUT2D eigenvalue weighted by atomic mass is 10.1. The van der Waals surface area contributed by atoms with E-state index >= 15 is 0 Å². The maximum absolute atomic E-state index is 7.98. The molecule has 0 aliphatic carbocycles. The molecule has 4 aromatic rings. The summed E-state index contributed by atoms with van der Waals surface area (Å²) in [6.45, 7) is -1.51. The monoisotopic (exact) mass is 281 g/mol. The number of fused-ring (bicyclic) bond motifs is 7. The zero-order valence-corrected chi connectivity index (χ0v) is 11.3. The molecule has 1 aliphatic heterocycles. The Labute approximate surface area is 123 Å². The second-order valence-corrected chi connectivity index (χ2v) is 6.03. The number of rotatable bonds is 0. The van der Waals surface area contributed by atoms with Gasteiger partial charge in [-0.2, -0.15) is 0 Å². The van der Waals surface area contributed by atoms with Gasteiger partial charge in [-0.1, -0.05) is 29.5 Å². The zero-order chi connectivity index (χ0) is 15.8. The Morgan fingerprint density at radius 1 is 1.35 bits per heavy atom. The zero-order valence-electron chi connectivity index (χ0n) is 13.5. The summed E-state index contributed by atoms with van der Waals surface area (Å²) in [7, 11) is 0. The van der Waals surface area contributed by atoms with Crippen molar-refractivity contribution in [1.29, 1.82) is 0 Å². The largest absolute Gasteiger partial charge is 0.301 e. The highest BCUT2D eigenvalue weighted by atomic mass is 32.1. The number of nitrogens with zero attached hydrogens (tertiary/aromatic N) is 3. The summed E-state index contributed by atoms with van der Waals surface area (Å²) in [6.07, 6.45) is 3.41. The lowest BCUT2D eigenvalue weighted by molar-refractivity contribution is -0.644. The number of hydrogen-bond donors (Lipinski definition) is 0. The first-order valence-corrected chi connectivity index (χ1v) is 7.27.